The Hall–Kier alpha value is -4.83. The first kappa shape index (κ1) is 37.6. The van der Waals surface area contributed by atoms with E-state index in [1.165, 1.54) is 31.2 Å². The minimum absolute atomic E-state index is 0.0517. The van der Waals surface area contributed by atoms with E-state index in [2.05, 4.69) is 31.2 Å². The third kappa shape index (κ3) is 12.1. The van der Waals surface area contributed by atoms with Gasteiger partial charge in [-0.2, -0.15) is 0 Å². The average molecular weight is 687 g/mol. The van der Waals surface area contributed by atoms with E-state index in [0.717, 1.165) is 22.0 Å². The maximum atomic E-state index is 13.6. The Morgan fingerprint density at radius 1 is 0.583 bits per heavy atom. The van der Waals surface area contributed by atoms with Gasteiger partial charge in [-0.25, -0.2) is 15.3 Å². The Kier molecular flexibility index (Phi) is 14.5. The van der Waals surface area contributed by atoms with Crippen molar-refractivity contribution in [3.05, 3.63) is 59.7 Å². The predicted octanol–water partition coefficient (Wildman–Crippen LogP) is -1.25. The number of benzene rings is 1. The Morgan fingerprint density at radius 3 is 1.48 bits per heavy atom. The number of nitrogens with zero attached hydrogens (tertiary/aromatic N) is 2. The van der Waals surface area contributed by atoms with Gasteiger partial charge >= 0.3 is 0 Å². The summed E-state index contributed by atoms with van der Waals surface area (Å²) in [7, 11) is -3.52. The molecule has 17 nitrogen and oxygen atoms in total. The van der Waals surface area contributed by atoms with Crippen molar-refractivity contribution in [3.63, 3.8) is 0 Å². The molecular weight excluding hydrogens is 647 g/mol. The van der Waals surface area contributed by atoms with E-state index in [1.54, 1.807) is 12.1 Å². The van der Waals surface area contributed by atoms with Crippen LogP contribution in [0.1, 0.15) is 46.9 Å². The van der Waals surface area contributed by atoms with Crippen LogP contribution in [0.5, 0.6) is 0 Å². The van der Waals surface area contributed by atoms with Crippen molar-refractivity contribution < 1.29 is 42.9 Å². The fraction of sp³-hybridized carbons (Fsp3) is 0.400. The first-order chi connectivity index (χ1) is 22.9. The zero-order chi connectivity index (χ0) is 35.1. The topological polar surface area (TPSA) is 232 Å². The first-order valence-corrected chi connectivity index (χ1v) is 16.9. The van der Waals surface area contributed by atoms with Crippen molar-refractivity contribution in [3.8, 4) is 0 Å². The lowest BCUT2D eigenvalue weighted by Crippen LogP contribution is -2.42. The molecule has 0 aromatic heterocycles. The lowest BCUT2D eigenvalue weighted by atomic mass is 10.1. The molecule has 0 aliphatic carbocycles. The van der Waals surface area contributed by atoms with E-state index in [4.69, 9.17) is 0 Å². The van der Waals surface area contributed by atoms with Crippen LogP contribution in [0.15, 0.2) is 48.6 Å². The summed E-state index contributed by atoms with van der Waals surface area (Å²) < 4.78 is 13.6. The highest BCUT2D eigenvalue weighted by atomic mass is 31.2. The number of Topliss-reactive ketones (excluding diaryl/α,β-unsaturated/α-hetero) is 1. The highest BCUT2D eigenvalue weighted by Crippen LogP contribution is 2.28. The van der Waals surface area contributed by atoms with Gasteiger partial charge in [0.05, 0.1) is 0 Å². The molecule has 0 fully saturated rings. The molecule has 6 N–H and O–H groups in total. The second-order valence-electron chi connectivity index (χ2n) is 10.6. The Morgan fingerprint density at radius 2 is 1.00 bits per heavy atom. The molecule has 1 atom stereocenters. The summed E-state index contributed by atoms with van der Waals surface area (Å²) in [5.41, 5.74) is 0.816. The number of amides is 7. The number of nitrogens with one attached hydrogen (secondary N) is 6. The number of hydrogen-bond donors (Lipinski definition) is 6. The van der Waals surface area contributed by atoms with Gasteiger partial charge in [-0.05, 0) is 25.5 Å². The molecule has 0 saturated heterocycles. The second kappa shape index (κ2) is 18.5. The van der Waals surface area contributed by atoms with Crippen molar-refractivity contribution in [2.24, 2.45) is 0 Å². The van der Waals surface area contributed by atoms with Crippen molar-refractivity contribution in [1.29, 1.82) is 0 Å². The molecule has 258 valence electrons. The summed E-state index contributed by atoms with van der Waals surface area (Å²) in [6.07, 6.45) is 4.84. The van der Waals surface area contributed by atoms with Gasteiger partial charge in [0.25, 0.3) is 37.1 Å². The number of carbonyl (C=O) groups excluding carboxylic acids is 8. The largest absolute Gasteiger partial charge is 0.355 e. The molecule has 2 aliphatic heterocycles. The van der Waals surface area contributed by atoms with E-state index in [0.29, 0.717) is 11.1 Å². The van der Waals surface area contributed by atoms with Crippen LogP contribution in [0.25, 0.3) is 0 Å². The van der Waals surface area contributed by atoms with Crippen LogP contribution < -0.4 is 31.2 Å². The lowest BCUT2D eigenvalue weighted by molar-refractivity contribution is -0.138. The third-order valence-corrected chi connectivity index (χ3v) is 9.02. The van der Waals surface area contributed by atoms with Gasteiger partial charge in [0, 0.05) is 101 Å². The van der Waals surface area contributed by atoms with E-state index in [1.807, 2.05) is 0 Å². The van der Waals surface area contributed by atoms with Gasteiger partial charge in [-0.15, -0.1) is 0 Å². The van der Waals surface area contributed by atoms with Crippen molar-refractivity contribution in [2.45, 2.75) is 26.2 Å². The van der Waals surface area contributed by atoms with Gasteiger partial charge in [0.1, 0.15) is 0 Å². The SMILES string of the molecule is CC(=O)c1ccc(C(=O)NCCNP(=O)(NCCNC(=O)CCCN2C(=O)C=CC2=O)NCCNC(=O)CCN2C(=O)C=CC2=O)cc1. The predicted molar refractivity (Wildman–Crippen MR) is 172 cm³/mol. The quantitative estimate of drug-likeness (QED) is 0.0386. The molecule has 0 bridgehead atoms. The third-order valence-electron chi connectivity index (χ3n) is 7.01. The fourth-order valence-electron chi connectivity index (χ4n) is 4.44. The molecule has 18 heteroatoms. The number of imide groups is 2. The van der Waals surface area contributed by atoms with Crippen LogP contribution in [-0.4, -0.2) is 109 Å². The normalized spacial score (nSPS) is 15.2. The second-order valence-corrected chi connectivity index (χ2v) is 12.8. The molecule has 2 heterocycles. The zero-order valence-electron chi connectivity index (χ0n) is 26.4. The van der Waals surface area contributed by atoms with Crippen LogP contribution in [-0.2, 0) is 33.3 Å². The maximum absolute atomic E-state index is 13.6. The standard InChI is InChI=1S/C30H39N8O9P/c1-21(39)22-4-6-23(7-5-22)30(46)33-15-18-36-48(47,35-17-14-32-25(41)12-20-38-28(44)10-11-29(38)45)34-16-13-31-24(40)3-2-19-37-26(42)8-9-27(37)43/h4-11H,2-3,12-20H2,1H3,(H,31,40)(H,32,41)(H,33,46)(H3,34,35,36,47). The van der Waals surface area contributed by atoms with Gasteiger partial charge < -0.3 is 16.0 Å². The Labute approximate surface area is 276 Å². The molecule has 3 rings (SSSR count). The molecule has 1 aromatic rings. The van der Waals surface area contributed by atoms with Crippen LogP contribution in [0.2, 0.25) is 0 Å². The molecule has 0 spiro atoms. The first-order valence-electron chi connectivity index (χ1n) is 15.2. The summed E-state index contributed by atoms with van der Waals surface area (Å²) in [6.45, 7) is 1.91. The molecular formula is C30H39N8O9P. The van der Waals surface area contributed by atoms with Crippen LogP contribution >= 0.6 is 7.59 Å². The van der Waals surface area contributed by atoms with E-state index < -0.39 is 43.0 Å². The number of ketones is 1. The Bertz CT molecular complexity index is 1490. The van der Waals surface area contributed by atoms with Gasteiger partial charge in [-0.3, -0.25) is 52.7 Å². The summed E-state index contributed by atoms with van der Waals surface area (Å²) >= 11 is 0. The Balaban J connectivity index is 1.42. The van der Waals surface area contributed by atoms with Crippen molar-refractivity contribution >= 4 is 54.7 Å². The smallest absolute Gasteiger partial charge is 0.279 e. The van der Waals surface area contributed by atoms with Crippen molar-refractivity contribution in [1.82, 2.24) is 41.0 Å². The molecule has 1 unspecified atom stereocenters. The number of rotatable bonds is 21. The van der Waals surface area contributed by atoms with Gasteiger partial charge in [-0.1, -0.05) is 12.1 Å². The molecule has 1 aromatic carbocycles. The molecule has 0 saturated carbocycles. The molecule has 2 aliphatic rings. The monoisotopic (exact) mass is 686 g/mol. The summed E-state index contributed by atoms with van der Waals surface area (Å²) in [5, 5.41) is 16.5. The summed E-state index contributed by atoms with van der Waals surface area (Å²) in [4.78, 5) is 96.8. The highest BCUT2D eigenvalue weighted by molar-refractivity contribution is 7.57. The zero-order valence-corrected chi connectivity index (χ0v) is 27.3. The van der Waals surface area contributed by atoms with E-state index >= 15 is 0 Å². The molecule has 48 heavy (non-hydrogen) atoms. The number of carbonyl (C=O) groups is 8. The van der Waals surface area contributed by atoms with Crippen LogP contribution in [0, 0.1) is 0 Å². The van der Waals surface area contributed by atoms with Crippen molar-refractivity contribution in [2.75, 3.05) is 52.4 Å². The van der Waals surface area contributed by atoms with E-state index in [-0.39, 0.29) is 83.3 Å². The van der Waals surface area contributed by atoms with Gasteiger partial charge in [0.15, 0.2) is 5.78 Å². The average Bonchev–Trinajstić information content (AvgIpc) is 3.56. The molecule has 0 radical (unpaired) electrons. The van der Waals surface area contributed by atoms with Crippen LogP contribution in [0.3, 0.4) is 0 Å². The van der Waals surface area contributed by atoms with Gasteiger partial charge in [0.2, 0.25) is 11.8 Å². The maximum Gasteiger partial charge on any atom is 0.279 e. The lowest BCUT2D eigenvalue weighted by Gasteiger charge is -2.22. The molecule has 7 amide bonds. The minimum atomic E-state index is -3.52. The van der Waals surface area contributed by atoms with E-state index in [9.17, 15) is 42.9 Å². The summed E-state index contributed by atoms with van der Waals surface area (Å²) in [5.74, 6) is -3.08. The fourth-order valence-corrected chi connectivity index (χ4v) is 6.05. The summed E-state index contributed by atoms with van der Waals surface area (Å²) in [6, 6.07) is 6.14. The highest BCUT2D eigenvalue weighted by Gasteiger charge is 2.25. The number of hydrogen-bond acceptors (Lipinski definition) is 9. The van der Waals surface area contributed by atoms with Crippen LogP contribution in [0.4, 0.5) is 0 Å². The minimum Gasteiger partial charge on any atom is -0.355 e.